The number of benzene rings is 1. The quantitative estimate of drug-likeness (QED) is 0.482. The first-order valence-electron chi connectivity index (χ1n) is 12.3. The largest absolute Gasteiger partial charge is 0.507 e. The molecule has 0 amide bonds. The van der Waals surface area contributed by atoms with Crippen LogP contribution in [0.25, 0.3) is 11.3 Å². The van der Waals surface area contributed by atoms with Gasteiger partial charge in [0.15, 0.2) is 0 Å². The molecule has 2 aliphatic carbocycles. The molecule has 0 radical (unpaired) electrons. The highest BCUT2D eigenvalue weighted by molar-refractivity contribution is 5.74. The van der Waals surface area contributed by atoms with Crippen LogP contribution in [-0.4, -0.2) is 15.3 Å². The van der Waals surface area contributed by atoms with E-state index in [0.717, 1.165) is 42.1 Å². The molecule has 0 bridgehead atoms. The Morgan fingerprint density at radius 2 is 1.70 bits per heavy atom. The molecule has 0 spiro atoms. The van der Waals surface area contributed by atoms with Crippen molar-refractivity contribution >= 4 is 0 Å². The number of unbranched alkanes of at least 4 members (excludes halogenated alkanes) is 2. The fourth-order valence-corrected chi connectivity index (χ4v) is 4.63. The van der Waals surface area contributed by atoms with E-state index in [2.05, 4.69) is 43.1 Å². The number of hydrogen-bond donors (Lipinski definition) is 1. The lowest BCUT2D eigenvalue weighted by Gasteiger charge is -2.12. The van der Waals surface area contributed by atoms with Gasteiger partial charge in [-0.3, -0.25) is 0 Å². The molecule has 164 valence electrons. The van der Waals surface area contributed by atoms with E-state index in [1.165, 1.54) is 68.1 Å². The fraction of sp³-hybridized carbons (Fsp3) is 0.630. The third kappa shape index (κ3) is 5.83. The van der Waals surface area contributed by atoms with Crippen LogP contribution < -0.4 is 0 Å². The molecule has 0 saturated heterocycles. The van der Waals surface area contributed by atoms with Crippen LogP contribution in [0.3, 0.4) is 0 Å². The molecule has 3 heteroatoms. The maximum atomic E-state index is 10.5. The van der Waals surface area contributed by atoms with Gasteiger partial charge in [-0.05, 0) is 79.7 Å². The maximum Gasteiger partial charge on any atom is 0.125 e. The van der Waals surface area contributed by atoms with Crippen molar-refractivity contribution in [3.63, 3.8) is 0 Å². The number of phenols is 1. The monoisotopic (exact) mass is 408 g/mol. The predicted octanol–water partition coefficient (Wildman–Crippen LogP) is 7.53. The van der Waals surface area contributed by atoms with Crippen LogP contribution in [0.15, 0.2) is 18.2 Å². The average molecular weight is 409 g/mol. The molecule has 1 fully saturated rings. The van der Waals surface area contributed by atoms with E-state index in [1.807, 2.05) is 13.0 Å². The minimum Gasteiger partial charge on any atom is -0.507 e. The van der Waals surface area contributed by atoms with E-state index in [1.54, 1.807) is 0 Å². The van der Waals surface area contributed by atoms with Gasteiger partial charge < -0.3 is 5.11 Å². The second-order valence-corrected chi connectivity index (χ2v) is 9.24. The van der Waals surface area contributed by atoms with Crippen LogP contribution in [0, 0.1) is 12.8 Å². The first kappa shape index (κ1) is 22.8. The number of aryl methyl sites for hydroxylation is 3. The van der Waals surface area contributed by atoms with Gasteiger partial charge in [0.05, 0.1) is 5.69 Å². The van der Waals surface area contributed by atoms with Crippen molar-refractivity contribution in [2.24, 2.45) is 5.92 Å². The normalized spacial score (nSPS) is 15.1. The lowest BCUT2D eigenvalue weighted by Crippen LogP contribution is -1.98. The standard InChI is InChI=1S/C17H18N2O.C10H22/c1-10-7-13-4-2-3-12-8-14(11-5-6-11)9-15(20)16(12)17(13)19-18-10;1-4-7-8-9-10(5-2)6-3/h7-9,11,20H,2-6H2,1H3;10H,4-9H2,1-3H3. The van der Waals surface area contributed by atoms with Crippen LogP contribution in [-0.2, 0) is 12.8 Å². The number of nitrogens with zero attached hydrogens (tertiary/aromatic N) is 2. The summed E-state index contributed by atoms with van der Waals surface area (Å²) < 4.78 is 0. The third-order valence-electron chi connectivity index (χ3n) is 6.76. The molecule has 2 aromatic rings. The molecule has 4 rings (SSSR count). The maximum absolute atomic E-state index is 10.5. The average Bonchev–Trinajstić information content (AvgIpc) is 3.58. The van der Waals surface area contributed by atoms with E-state index in [-0.39, 0.29) is 0 Å². The Bertz CT molecular complexity index is 822. The number of fused-ring (bicyclic) bond motifs is 3. The number of aromatic nitrogens is 2. The minimum atomic E-state index is 0.380. The van der Waals surface area contributed by atoms with Gasteiger partial charge in [-0.1, -0.05) is 65.4 Å². The second kappa shape index (κ2) is 10.9. The summed E-state index contributed by atoms with van der Waals surface area (Å²) in [4.78, 5) is 0. The summed E-state index contributed by atoms with van der Waals surface area (Å²) in [5.74, 6) is 2.05. The zero-order valence-electron chi connectivity index (χ0n) is 19.5. The van der Waals surface area contributed by atoms with Gasteiger partial charge in [0, 0.05) is 5.56 Å². The summed E-state index contributed by atoms with van der Waals surface area (Å²) in [7, 11) is 0. The molecule has 0 aliphatic heterocycles. The van der Waals surface area contributed by atoms with Crippen molar-refractivity contribution in [3.8, 4) is 17.0 Å². The summed E-state index contributed by atoms with van der Waals surface area (Å²) in [5.41, 5.74) is 6.48. The summed E-state index contributed by atoms with van der Waals surface area (Å²) in [6, 6.07) is 6.32. The lowest BCUT2D eigenvalue weighted by molar-refractivity contribution is 0.432. The van der Waals surface area contributed by atoms with Crippen molar-refractivity contribution in [1.29, 1.82) is 0 Å². The molecule has 30 heavy (non-hydrogen) atoms. The van der Waals surface area contributed by atoms with E-state index >= 15 is 0 Å². The highest BCUT2D eigenvalue weighted by Crippen LogP contribution is 2.45. The first-order chi connectivity index (χ1) is 14.6. The van der Waals surface area contributed by atoms with Crippen LogP contribution in [0.1, 0.15) is 107 Å². The van der Waals surface area contributed by atoms with Gasteiger partial charge in [-0.25, -0.2) is 0 Å². The van der Waals surface area contributed by atoms with Crippen LogP contribution in [0.2, 0.25) is 0 Å². The van der Waals surface area contributed by atoms with Crippen molar-refractivity contribution in [3.05, 3.63) is 40.6 Å². The van der Waals surface area contributed by atoms with Crippen LogP contribution >= 0.6 is 0 Å². The molecule has 1 aromatic heterocycles. The van der Waals surface area contributed by atoms with Crippen molar-refractivity contribution in [2.45, 2.75) is 104 Å². The van der Waals surface area contributed by atoms with Crippen molar-refractivity contribution in [2.75, 3.05) is 0 Å². The zero-order valence-corrected chi connectivity index (χ0v) is 19.5. The molecule has 1 heterocycles. The topological polar surface area (TPSA) is 46.0 Å². The van der Waals surface area contributed by atoms with E-state index < -0.39 is 0 Å². The van der Waals surface area contributed by atoms with E-state index in [0.29, 0.717) is 11.7 Å². The molecule has 1 saturated carbocycles. The van der Waals surface area contributed by atoms with E-state index in [4.69, 9.17) is 0 Å². The number of aromatic hydroxyl groups is 1. The molecule has 1 aromatic carbocycles. The summed E-state index contributed by atoms with van der Waals surface area (Å²) in [6.45, 7) is 8.85. The Balaban J connectivity index is 0.000000220. The van der Waals surface area contributed by atoms with Gasteiger partial charge in [-0.15, -0.1) is 5.10 Å². The van der Waals surface area contributed by atoms with E-state index in [9.17, 15) is 5.11 Å². The second-order valence-electron chi connectivity index (χ2n) is 9.24. The fourth-order valence-electron chi connectivity index (χ4n) is 4.63. The van der Waals surface area contributed by atoms with Gasteiger partial charge in [0.25, 0.3) is 0 Å². The highest BCUT2D eigenvalue weighted by atomic mass is 16.3. The molecule has 1 N–H and O–H groups in total. The highest BCUT2D eigenvalue weighted by Gasteiger charge is 2.27. The van der Waals surface area contributed by atoms with Crippen molar-refractivity contribution < 1.29 is 5.11 Å². The Morgan fingerprint density at radius 3 is 2.37 bits per heavy atom. The Hall–Kier alpha value is -1.90. The van der Waals surface area contributed by atoms with Gasteiger partial charge >= 0.3 is 0 Å². The molecule has 0 atom stereocenters. The third-order valence-corrected chi connectivity index (χ3v) is 6.76. The van der Waals surface area contributed by atoms with Crippen LogP contribution in [0.5, 0.6) is 5.75 Å². The first-order valence-corrected chi connectivity index (χ1v) is 12.3. The molecule has 0 unspecified atom stereocenters. The molecular weight excluding hydrogens is 368 g/mol. The SMILES string of the molecule is CCCCCC(CC)CC.Cc1cc2c(nn1)-c1c(O)cc(C3CC3)cc1CCC2. The van der Waals surface area contributed by atoms with Gasteiger partial charge in [0.1, 0.15) is 11.4 Å². The predicted molar refractivity (Wildman–Crippen MR) is 126 cm³/mol. The molecule has 3 nitrogen and oxygen atoms in total. The number of phenolic OH excluding ortho intramolecular Hbond substituents is 1. The van der Waals surface area contributed by atoms with Crippen LogP contribution in [0.4, 0.5) is 0 Å². The lowest BCUT2D eigenvalue weighted by atomic mass is 9.96. The minimum absolute atomic E-state index is 0.380. The Kier molecular flexibility index (Phi) is 8.30. The van der Waals surface area contributed by atoms with Gasteiger partial charge in [-0.2, -0.15) is 5.10 Å². The molecular formula is C27H40N2O. The summed E-state index contributed by atoms with van der Waals surface area (Å²) in [6.07, 6.45) is 14.1. The molecule has 2 aliphatic rings. The summed E-state index contributed by atoms with van der Waals surface area (Å²) in [5, 5.41) is 19.0. The van der Waals surface area contributed by atoms with Gasteiger partial charge in [0.2, 0.25) is 0 Å². The number of rotatable bonds is 7. The Labute approximate surface area is 183 Å². The smallest absolute Gasteiger partial charge is 0.125 e. The van der Waals surface area contributed by atoms with Crippen molar-refractivity contribution in [1.82, 2.24) is 10.2 Å². The number of hydrogen-bond acceptors (Lipinski definition) is 3. The Morgan fingerprint density at radius 1 is 0.967 bits per heavy atom. The summed E-state index contributed by atoms with van der Waals surface area (Å²) >= 11 is 0. The zero-order chi connectivity index (χ0) is 21.5.